The number of carboxylic acid groups (broad SMARTS) is 1. The Morgan fingerprint density at radius 2 is 1.79 bits per heavy atom. The maximum Gasteiger partial charge on any atom is 0.303 e. The van der Waals surface area contributed by atoms with E-state index in [2.05, 4.69) is 5.32 Å². The van der Waals surface area contributed by atoms with Gasteiger partial charge in [-0.05, 0) is 23.7 Å². The number of carbonyl (C=O) groups excluding carboxylic acids is 1. The Morgan fingerprint density at radius 3 is 2.16 bits per heavy atom. The van der Waals surface area contributed by atoms with Crippen molar-refractivity contribution in [2.24, 2.45) is 23.0 Å². The lowest BCUT2D eigenvalue weighted by Gasteiger charge is -2.27. The van der Waals surface area contributed by atoms with Gasteiger partial charge in [-0.25, -0.2) is 0 Å². The van der Waals surface area contributed by atoms with Crippen molar-refractivity contribution in [3.63, 3.8) is 0 Å². The first kappa shape index (κ1) is 17.9. The SMILES string of the molecule is CC(C)C[C@H](CNC(=O)[C@H](N)C(C)(C)C)CC(=O)O. The molecule has 0 radical (unpaired) electrons. The normalized spacial score (nSPS) is 15.1. The number of rotatable bonds is 7. The smallest absolute Gasteiger partial charge is 0.303 e. The molecular weight excluding hydrogens is 244 g/mol. The average molecular weight is 272 g/mol. The summed E-state index contributed by atoms with van der Waals surface area (Å²) in [5, 5.41) is 11.6. The summed E-state index contributed by atoms with van der Waals surface area (Å²) in [4.78, 5) is 22.7. The second-order valence-electron chi connectivity index (χ2n) is 6.68. The molecule has 0 rings (SSSR count). The standard InChI is InChI=1S/C14H28N2O3/c1-9(2)6-10(7-11(17)18)8-16-13(19)12(15)14(3,4)5/h9-10,12H,6-8,15H2,1-5H3,(H,16,19)(H,17,18)/t10-,12-/m0/s1. The van der Waals surface area contributed by atoms with Gasteiger partial charge in [0.1, 0.15) is 0 Å². The third-order valence-corrected chi connectivity index (χ3v) is 3.05. The summed E-state index contributed by atoms with van der Waals surface area (Å²) >= 11 is 0. The molecular formula is C14H28N2O3. The number of hydrogen-bond donors (Lipinski definition) is 3. The zero-order valence-electron chi connectivity index (χ0n) is 12.7. The van der Waals surface area contributed by atoms with E-state index in [1.54, 1.807) is 0 Å². The number of hydrogen-bond acceptors (Lipinski definition) is 3. The van der Waals surface area contributed by atoms with Crippen LogP contribution < -0.4 is 11.1 Å². The summed E-state index contributed by atoms with van der Waals surface area (Å²) in [5.74, 6) is -0.696. The first-order chi connectivity index (χ1) is 8.54. The van der Waals surface area contributed by atoms with Crippen LogP contribution in [0.25, 0.3) is 0 Å². The van der Waals surface area contributed by atoms with Crippen molar-refractivity contribution < 1.29 is 14.7 Å². The summed E-state index contributed by atoms with van der Waals surface area (Å²) in [6.07, 6.45) is 0.848. The summed E-state index contributed by atoms with van der Waals surface area (Å²) in [6.45, 7) is 10.2. The quantitative estimate of drug-likeness (QED) is 0.656. The van der Waals surface area contributed by atoms with Crippen LogP contribution in [-0.2, 0) is 9.59 Å². The van der Waals surface area contributed by atoms with E-state index in [1.807, 2.05) is 34.6 Å². The van der Waals surface area contributed by atoms with Crippen LogP contribution in [0.2, 0.25) is 0 Å². The Balaban J connectivity index is 4.38. The summed E-state index contributed by atoms with van der Waals surface area (Å²) in [5.41, 5.74) is 5.55. The maximum atomic E-state index is 11.9. The number of nitrogens with one attached hydrogen (secondary N) is 1. The van der Waals surface area contributed by atoms with Crippen LogP contribution in [0.15, 0.2) is 0 Å². The molecule has 19 heavy (non-hydrogen) atoms. The molecule has 5 heteroatoms. The zero-order valence-corrected chi connectivity index (χ0v) is 12.7. The van der Waals surface area contributed by atoms with E-state index < -0.39 is 12.0 Å². The minimum Gasteiger partial charge on any atom is -0.481 e. The Labute approximate surface area is 115 Å². The van der Waals surface area contributed by atoms with Crippen LogP contribution in [0.3, 0.4) is 0 Å². The molecule has 0 aromatic carbocycles. The van der Waals surface area contributed by atoms with Crippen molar-refractivity contribution in [1.29, 1.82) is 0 Å². The second kappa shape index (κ2) is 7.48. The van der Waals surface area contributed by atoms with Crippen molar-refractivity contribution in [2.45, 2.75) is 53.5 Å². The highest BCUT2D eigenvalue weighted by Crippen LogP contribution is 2.18. The molecule has 0 bridgehead atoms. The van der Waals surface area contributed by atoms with Crippen molar-refractivity contribution in [3.8, 4) is 0 Å². The topological polar surface area (TPSA) is 92.4 Å². The van der Waals surface area contributed by atoms with Gasteiger partial charge >= 0.3 is 5.97 Å². The highest BCUT2D eigenvalue weighted by atomic mass is 16.4. The molecule has 0 aliphatic rings. The molecule has 0 saturated heterocycles. The fraction of sp³-hybridized carbons (Fsp3) is 0.857. The maximum absolute atomic E-state index is 11.9. The lowest BCUT2D eigenvalue weighted by Crippen LogP contribution is -2.49. The molecule has 0 spiro atoms. The highest BCUT2D eigenvalue weighted by molar-refractivity contribution is 5.82. The molecule has 0 unspecified atom stereocenters. The van der Waals surface area contributed by atoms with Gasteiger partial charge in [-0.15, -0.1) is 0 Å². The van der Waals surface area contributed by atoms with Gasteiger partial charge in [0.2, 0.25) is 5.91 Å². The minimum absolute atomic E-state index is 0.0476. The number of aliphatic carboxylic acids is 1. The number of carbonyl (C=O) groups is 2. The van der Waals surface area contributed by atoms with Gasteiger partial charge < -0.3 is 16.2 Å². The Bertz CT molecular complexity index is 308. The van der Waals surface area contributed by atoms with Crippen LogP contribution in [0.1, 0.15) is 47.5 Å². The molecule has 4 N–H and O–H groups in total. The summed E-state index contributed by atoms with van der Waals surface area (Å²) in [7, 11) is 0. The Kier molecular flexibility index (Phi) is 7.05. The van der Waals surface area contributed by atoms with E-state index in [0.29, 0.717) is 12.5 Å². The van der Waals surface area contributed by atoms with Crippen LogP contribution in [-0.4, -0.2) is 29.6 Å². The highest BCUT2D eigenvalue weighted by Gasteiger charge is 2.27. The van der Waals surface area contributed by atoms with E-state index in [0.717, 1.165) is 6.42 Å². The Hall–Kier alpha value is -1.10. The summed E-state index contributed by atoms with van der Waals surface area (Å²) < 4.78 is 0. The van der Waals surface area contributed by atoms with Gasteiger partial charge in [-0.3, -0.25) is 9.59 Å². The van der Waals surface area contributed by atoms with E-state index >= 15 is 0 Å². The van der Waals surface area contributed by atoms with Gasteiger partial charge in [0, 0.05) is 13.0 Å². The number of amides is 1. The zero-order chi connectivity index (χ0) is 15.2. The van der Waals surface area contributed by atoms with Crippen LogP contribution in [0.4, 0.5) is 0 Å². The predicted molar refractivity (Wildman–Crippen MR) is 75.6 cm³/mol. The van der Waals surface area contributed by atoms with Gasteiger partial charge in [0.25, 0.3) is 0 Å². The van der Waals surface area contributed by atoms with Gasteiger partial charge in [0.15, 0.2) is 0 Å². The molecule has 5 nitrogen and oxygen atoms in total. The average Bonchev–Trinajstić information content (AvgIpc) is 2.21. The molecule has 0 fully saturated rings. The first-order valence-electron chi connectivity index (χ1n) is 6.79. The molecule has 0 aromatic heterocycles. The fourth-order valence-corrected chi connectivity index (χ4v) is 1.90. The largest absolute Gasteiger partial charge is 0.481 e. The fourth-order valence-electron chi connectivity index (χ4n) is 1.90. The third kappa shape index (κ3) is 7.82. The van der Waals surface area contributed by atoms with E-state index in [1.165, 1.54) is 0 Å². The monoisotopic (exact) mass is 272 g/mol. The molecule has 112 valence electrons. The number of nitrogens with two attached hydrogens (primary N) is 1. The van der Waals surface area contributed by atoms with Gasteiger partial charge in [-0.2, -0.15) is 0 Å². The molecule has 0 saturated carbocycles. The second-order valence-corrected chi connectivity index (χ2v) is 6.68. The van der Waals surface area contributed by atoms with Gasteiger partial charge in [-0.1, -0.05) is 34.6 Å². The van der Waals surface area contributed by atoms with Crippen LogP contribution in [0, 0.1) is 17.3 Å². The van der Waals surface area contributed by atoms with Crippen LogP contribution in [0.5, 0.6) is 0 Å². The third-order valence-electron chi connectivity index (χ3n) is 3.05. The van der Waals surface area contributed by atoms with E-state index in [-0.39, 0.29) is 23.7 Å². The molecule has 2 atom stereocenters. The number of carboxylic acids is 1. The van der Waals surface area contributed by atoms with Crippen molar-refractivity contribution >= 4 is 11.9 Å². The Morgan fingerprint density at radius 1 is 1.26 bits per heavy atom. The van der Waals surface area contributed by atoms with E-state index in [4.69, 9.17) is 10.8 Å². The molecule has 0 aromatic rings. The molecule has 0 heterocycles. The lowest BCUT2D eigenvalue weighted by atomic mass is 9.86. The first-order valence-corrected chi connectivity index (χ1v) is 6.79. The molecule has 1 amide bonds. The van der Waals surface area contributed by atoms with Crippen LogP contribution >= 0.6 is 0 Å². The minimum atomic E-state index is -0.833. The van der Waals surface area contributed by atoms with E-state index in [9.17, 15) is 9.59 Å². The van der Waals surface area contributed by atoms with Crippen molar-refractivity contribution in [2.75, 3.05) is 6.54 Å². The van der Waals surface area contributed by atoms with Gasteiger partial charge in [0.05, 0.1) is 6.04 Å². The lowest BCUT2D eigenvalue weighted by molar-refractivity contribution is -0.138. The molecule has 0 aliphatic heterocycles. The summed E-state index contributed by atoms with van der Waals surface area (Å²) in [6, 6.07) is -0.586. The van der Waals surface area contributed by atoms with Crippen molar-refractivity contribution in [1.82, 2.24) is 5.32 Å². The molecule has 0 aliphatic carbocycles. The van der Waals surface area contributed by atoms with Crippen molar-refractivity contribution in [3.05, 3.63) is 0 Å². The predicted octanol–water partition coefficient (Wildman–Crippen LogP) is 1.61.